The Hall–Kier alpha value is -0.120. The fraction of sp³-hybridized carbons (Fsp3) is 1.00. The van der Waals surface area contributed by atoms with Crippen LogP contribution in [0.5, 0.6) is 0 Å². The molecule has 2 fully saturated rings. The van der Waals surface area contributed by atoms with Gasteiger partial charge in [0.1, 0.15) is 0 Å². The minimum absolute atomic E-state index is 0.252. The molecule has 1 saturated heterocycles. The average Bonchev–Trinajstić information content (AvgIpc) is 2.75. The summed E-state index contributed by atoms with van der Waals surface area (Å²) in [6.07, 6.45) is 7.96. The van der Waals surface area contributed by atoms with Gasteiger partial charge in [0.2, 0.25) is 0 Å². The predicted molar refractivity (Wildman–Crippen MR) is 63.9 cm³/mol. The molecule has 0 unspecified atom stereocenters. The van der Waals surface area contributed by atoms with Crippen molar-refractivity contribution < 1.29 is 0 Å². The highest BCUT2D eigenvalue weighted by atomic mass is 15.1. The van der Waals surface area contributed by atoms with Crippen LogP contribution in [0, 0.1) is 0 Å². The minimum Gasteiger partial charge on any atom is -0.329 e. The summed E-state index contributed by atoms with van der Waals surface area (Å²) in [5.74, 6) is 0. The van der Waals surface area contributed by atoms with Crippen LogP contribution in [0.4, 0.5) is 0 Å². The van der Waals surface area contributed by atoms with Gasteiger partial charge in [-0.3, -0.25) is 0 Å². The van der Waals surface area contributed by atoms with E-state index in [0.717, 1.165) is 12.6 Å². The maximum atomic E-state index is 5.98. The second kappa shape index (κ2) is 4.81. The number of rotatable bonds is 3. The van der Waals surface area contributed by atoms with Crippen LogP contribution in [-0.4, -0.2) is 43.2 Å². The molecule has 3 heteroatoms. The molecule has 0 atom stereocenters. The molecule has 3 N–H and O–H groups in total. The molecule has 0 bridgehead atoms. The molecule has 3 nitrogen and oxygen atoms in total. The third kappa shape index (κ3) is 2.71. The van der Waals surface area contributed by atoms with E-state index in [4.69, 9.17) is 5.73 Å². The van der Waals surface area contributed by atoms with Gasteiger partial charge in [-0.05, 0) is 45.8 Å². The first-order valence-corrected chi connectivity index (χ1v) is 6.40. The van der Waals surface area contributed by atoms with Crippen molar-refractivity contribution in [2.24, 2.45) is 5.73 Å². The van der Waals surface area contributed by atoms with Crippen molar-refractivity contribution in [3.63, 3.8) is 0 Å². The average molecular weight is 211 g/mol. The Kier molecular flexibility index (Phi) is 3.65. The summed E-state index contributed by atoms with van der Waals surface area (Å²) in [6, 6.07) is 0.747. The molecule has 88 valence electrons. The van der Waals surface area contributed by atoms with E-state index < -0.39 is 0 Å². The lowest BCUT2D eigenvalue weighted by Gasteiger charge is -2.42. The van der Waals surface area contributed by atoms with Crippen LogP contribution in [0.15, 0.2) is 0 Å². The molecule has 0 aromatic rings. The minimum atomic E-state index is 0.252. The third-order valence-corrected chi connectivity index (χ3v) is 4.20. The molecule has 0 spiro atoms. The third-order valence-electron chi connectivity index (χ3n) is 4.20. The molecule has 0 aromatic carbocycles. The van der Waals surface area contributed by atoms with Crippen LogP contribution in [0.3, 0.4) is 0 Å². The Labute approximate surface area is 93.4 Å². The lowest BCUT2D eigenvalue weighted by molar-refractivity contribution is 0.149. The molecule has 0 aromatic heterocycles. The molecule has 1 aliphatic carbocycles. The maximum absolute atomic E-state index is 5.98. The van der Waals surface area contributed by atoms with Crippen LogP contribution in [0.2, 0.25) is 0 Å². The highest BCUT2D eigenvalue weighted by Crippen LogP contribution is 2.26. The van der Waals surface area contributed by atoms with Gasteiger partial charge in [0.15, 0.2) is 0 Å². The number of hydrogen-bond donors (Lipinski definition) is 2. The number of piperidine rings is 1. The summed E-state index contributed by atoms with van der Waals surface area (Å²) < 4.78 is 0. The van der Waals surface area contributed by atoms with Crippen LogP contribution in [0.25, 0.3) is 0 Å². The summed E-state index contributed by atoms with van der Waals surface area (Å²) in [7, 11) is 2.20. The Balaban J connectivity index is 1.89. The number of hydrogen-bond acceptors (Lipinski definition) is 3. The molecule has 2 aliphatic rings. The van der Waals surface area contributed by atoms with Gasteiger partial charge >= 0.3 is 0 Å². The second-order valence-corrected chi connectivity index (χ2v) is 5.41. The zero-order valence-corrected chi connectivity index (χ0v) is 9.97. The van der Waals surface area contributed by atoms with Crippen LogP contribution in [0.1, 0.15) is 38.5 Å². The maximum Gasteiger partial charge on any atom is 0.0330 e. The van der Waals surface area contributed by atoms with E-state index in [1.807, 2.05) is 0 Å². The van der Waals surface area contributed by atoms with Gasteiger partial charge in [-0.1, -0.05) is 12.8 Å². The van der Waals surface area contributed by atoms with Gasteiger partial charge < -0.3 is 16.0 Å². The van der Waals surface area contributed by atoms with Gasteiger partial charge in [0, 0.05) is 18.1 Å². The van der Waals surface area contributed by atoms with E-state index in [0.29, 0.717) is 0 Å². The molecular formula is C12H25N3. The molecule has 1 heterocycles. The van der Waals surface area contributed by atoms with Crippen molar-refractivity contribution in [1.29, 1.82) is 0 Å². The SMILES string of the molecule is CN1CCC(CN)(NC2CCCC2)CC1. The standard InChI is InChI=1S/C12H25N3/c1-15-8-6-12(10-13,7-9-15)14-11-4-2-3-5-11/h11,14H,2-10,13H2,1H3. The smallest absolute Gasteiger partial charge is 0.0330 e. The van der Waals surface area contributed by atoms with Crippen LogP contribution < -0.4 is 11.1 Å². The zero-order valence-electron chi connectivity index (χ0n) is 9.97. The number of nitrogens with one attached hydrogen (secondary N) is 1. The van der Waals surface area contributed by atoms with Crippen molar-refractivity contribution in [2.75, 3.05) is 26.7 Å². The van der Waals surface area contributed by atoms with E-state index in [9.17, 15) is 0 Å². The highest BCUT2D eigenvalue weighted by Gasteiger charge is 2.34. The number of nitrogens with zero attached hydrogens (tertiary/aromatic N) is 1. The Morgan fingerprint density at radius 2 is 1.87 bits per heavy atom. The van der Waals surface area contributed by atoms with Gasteiger partial charge in [-0.25, -0.2) is 0 Å². The summed E-state index contributed by atoms with van der Waals surface area (Å²) in [4.78, 5) is 2.41. The van der Waals surface area contributed by atoms with Crippen molar-refractivity contribution in [3.05, 3.63) is 0 Å². The second-order valence-electron chi connectivity index (χ2n) is 5.41. The van der Waals surface area contributed by atoms with E-state index in [1.165, 1.54) is 51.6 Å². The molecular weight excluding hydrogens is 186 g/mol. The lowest BCUT2D eigenvalue weighted by atomic mass is 9.86. The molecule has 2 rings (SSSR count). The van der Waals surface area contributed by atoms with Gasteiger partial charge in [0.25, 0.3) is 0 Å². The Morgan fingerprint density at radius 1 is 1.27 bits per heavy atom. The van der Waals surface area contributed by atoms with Crippen LogP contribution in [-0.2, 0) is 0 Å². The fourth-order valence-corrected chi connectivity index (χ4v) is 2.96. The Morgan fingerprint density at radius 3 is 2.40 bits per heavy atom. The molecule has 0 radical (unpaired) electrons. The molecule has 0 amide bonds. The van der Waals surface area contributed by atoms with Gasteiger partial charge in [-0.15, -0.1) is 0 Å². The monoisotopic (exact) mass is 211 g/mol. The van der Waals surface area contributed by atoms with Crippen LogP contribution >= 0.6 is 0 Å². The zero-order chi connectivity index (χ0) is 10.7. The fourth-order valence-electron chi connectivity index (χ4n) is 2.96. The normalized spacial score (nSPS) is 28.4. The van der Waals surface area contributed by atoms with Crippen molar-refractivity contribution >= 4 is 0 Å². The highest BCUT2D eigenvalue weighted by molar-refractivity contribution is 4.96. The summed E-state index contributed by atoms with van der Waals surface area (Å²) in [5.41, 5.74) is 6.23. The van der Waals surface area contributed by atoms with E-state index in [-0.39, 0.29) is 5.54 Å². The predicted octanol–water partition coefficient (Wildman–Crippen LogP) is 0.942. The van der Waals surface area contributed by atoms with E-state index in [1.54, 1.807) is 0 Å². The van der Waals surface area contributed by atoms with Crippen molar-refractivity contribution in [1.82, 2.24) is 10.2 Å². The molecule has 15 heavy (non-hydrogen) atoms. The van der Waals surface area contributed by atoms with Gasteiger partial charge in [0.05, 0.1) is 0 Å². The first-order chi connectivity index (χ1) is 7.24. The number of nitrogens with two attached hydrogens (primary N) is 1. The van der Waals surface area contributed by atoms with E-state index in [2.05, 4.69) is 17.3 Å². The van der Waals surface area contributed by atoms with Gasteiger partial charge in [-0.2, -0.15) is 0 Å². The van der Waals surface area contributed by atoms with E-state index >= 15 is 0 Å². The topological polar surface area (TPSA) is 41.3 Å². The quantitative estimate of drug-likeness (QED) is 0.730. The van der Waals surface area contributed by atoms with Crippen molar-refractivity contribution in [3.8, 4) is 0 Å². The summed E-state index contributed by atoms with van der Waals surface area (Å²) in [5, 5.41) is 3.85. The largest absolute Gasteiger partial charge is 0.329 e. The number of likely N-dealkylation sites (tertiary alicyclic amines) is 1. The lowest BCUT2D eigenvalue weighted by Crippen LogP contribution is -2.59. The summed E-state index contributed by atoms with van der Waals surface area (Å²) >= 11 is 0. The molecule has 1 aliphatic heterocycles. The molecule has 1 saturated carbocycles. The Bertz CT molecular complexity index is 191. The summed E-state index contributed by atoms with van der Waals surface area (Å²) in [6.45, 7) is 3.19. The first-order valence-electron chi connectivity index (χ1n) is 6.40. The van der Waals surface area contributed by atoms with Crippen molar-refractivity contribution in [2.45, 2.75) is 50.1 Å². The first kappa shape index (κ1) is 11.4.